The summed E-state index contributed by atoms with van der Waals surface area (Å²) >= 11 is 12.0. The van der Waals surface area contributed by atoms with Crippen LogP contribution in [0.2, 0.25) is 10.0 Å². The number of amides is 2. The van der Waals surface area contributed by atoms with Crippen LogP contribution in [0.15, 0.2) is 48.5 Å². The monoisotopic (exact) mass is 308 g/mol. The Hall–Kier alpha value is -1.71. The molecule has 0 radical (unpaired) electrons. The van der Waals surface area contributed by atoms with E-state index in [1.807, 2.05) is 37.3 Å². The van der Waals surface area contributed by atoms with Crippen LogP contribution < -0.4 is 10.6 Å². The van der Waals surface area contributed by atoms with E-state index in [0.29, 0.717) is 10.0 Å². The smallest absolute Gasteiger partial charge is 0.319 e. The molecule has 0 fully saturated rings. The standard InChI is InChI=1S/C15H14Cl2N2O/c1-10(13-8-7-11(16)9-14(13)17)18-15(20)19-12-5-3-2-4-6-12/h2-10H,1H3,(H2,18,19,20). The lowest BCUT2D eigenvalue weighted by Gasteiger charge is -2.16. The maximum Gasteiger partial charge on any atom is 0.319 e. The van der Waals surface area contributed by atoms with Gasteiger partial charge >= 0.3 is 6.03 Å². The second kappa shape index (κ2) is 6.64. The number of rotatable bonds is 3. The average molecular weight is 309 g/mol. The summed E-state index contributed by atoms with van der Waals surface area (Å²) in [5, 5.41) is 6.68. The van der Waals surface area contributed by atoms with E-state index in [1.165, 1.54) is 0 Å². The summed E-state index contributed by atoms with van der Waals surface area (Å²) in [6, 6.07) is 13.9. The molecule has 0 heterocycles. The van der Waals surface area contributed by atoms with Crippen LogP contribution in [-0.4, -0.2) is 6.03 Å². The number of benzene rings is 2. The summed E-state index contributed by atoms with van der Waals surface area (Å²) in [4.78, 5) is 11.9. The first-order chi connectivity index (χ1) is 9.56. The van der Waals surface area contributed by atoms with E-state index in [2.05, 4.69) is 10.6 Å². The highest BCUT2D eigenvalue weighted by Gasteiger charge is 2.12. The van der Waals surface area contributed by atoms with Crippen molar-refractivity contribution in [2.24, 2.45) is 0 Å². The number of carbonyl (C=O) groups is 1. The molecule has 2 amide bonds. The lowest BCUT2D eigenvalue weighted by atomic mass is 10.1. The zero-order valence-electron chi connectivity index (χ0n) is 10.9. The first kappa shape index (κ1) is 14.7. The van der Waals surface area contributed by atoms with Crippen molar-refractivity contribution in [2.75, 3.05) is 5.32 Å². The number of urea groups is 1. The van der Waals surface area contributed by atoms with Gasteiger partial charge in [0.1, 0.15) is 0 Å². The van der Waals surface area contributed by atoms with E-state index in [-0.39, 0.29) is 12.1 Å². The van der Waals surface area contributed by atoms with Crippen LogP contribution in [0, 0.1) is 0 Å². The Morgan fingerprint density at radius 2 is 1.80 bits per heavy atom. The van der Waals surface area contributed by atoms with Crippen LogP contribution >= 0.6 is 23.2 Å². The molecule has 2 aromatic carbocycles. The molecular formula is C15H14Cl2N2O. The van der Waals surface area contributed by atoms with Crippen molar-refractivity contribution in [2.45, 2.75) is 13.0 Å². The maximum atomic E-state index is 11.9. The molecular weight excluding hydrogens is 295 g/mol. The molecule has 0 aliphatic heterocycles. The largest absolute Gasteiger partial charge is 0.331 e. The topological polar surface area (TPSA) is 41.1 Å². The van der Waals surface area contributed by atoms with E-state index >= 15 is 0 Å². The first-order valence-corrected chi connectivity index (χ1v) is 6.89. The lowest BCUT2D eigenvalue weighted by molar-refractivity contribution is 0.249. The van der Waals surface area contributed by atoms with Gasteiger partial charge in [-0.3, -0.25) is 0 Å². The molecule has 1 unspecified atom stereocenters. The van der Waals surface area contributed by atoms with Crippen molar-refractivity contribution >= 4 is 34.9 Å². The third-order valence-corrected chi connectivity index (χ3v) is 3.37. The zero-order valence-corrected chi connectivity index (χ0v) is 12.4. The van der Waals surface area contributed by atoms with E-state index in [4.69, 9.17) is 23.2 Å². The number of anilines is 1. The molecule has 5 heteroatoms. The molecule has 1 atom stereocenters. The highest BCUT2D eigenvalue weighted by molar-refractivity contribution is 6.35. The minimum Gasteiger partial charge on any atom is -0.331 e. The molecule has 0 saturated heterocycles. The highest BCUT2D eigenvalue weighted by Crippen LogP contribution is 2.26. The summed E-state index contributed by atoms with van der Waals surface area (Å²) in [5.74, 6) is 0. The number of hydrogen-bond acceptors (Lipinski definition) is 1. The van der Waals surface area contributed by atoms with Crippen LogP contribution in [0.4, 0.5) is 10.5 Å². The van der Waals surface area contributed by atoms with Gasteiger partial charge in [0.15, 0.2) is 0 Å². The third kappa shape index (κ3) is 3.89. The summed E-state index contributed by atoms with van der Waals surface area (Å²) in [6.45, 7) is 1.86. The Balaban J connectivity index is 2.00. The Morgan fingerprint density at radius 1 is 1.10 bits per heavy atom. The molecule has 0 saturated carbocycles. The van der Waals surface area contributed by atoms with Gasteiger partial charge in [-0.15, -0.1) is 0 Å². The number of halogens is 2. The van der Waals surface area contributed by atoms with Gasteiger partial charge in [-0.1, -0.05) is 47.5 Å². The molecule has 20 heavy (non-hydrogen) atoms. The lowest BCUT2D eigenvalue weighted by Crippen LogP contribution is -2.31. The first-order valence-electron chi connectivity index (χ1n) is 6.14. The second-order valence-electron chi connectivity index (χ2n) is 4.35. The van der Waals surface area contributed by atoms with Crippen molar-refractivity contribution in [3.05, 3.63) is 64.1 Å². The van der Waals surface area contributed by atoms with Gasteiger partial charge in [0.2, 0.25) is 0 Å². The molecule has 0 aromatic heterocycles. The van der Waals surface area contributed by atoms with E-state index in [9.17, 15) is 4.79 Å². The predicted molar refractivity (Wildman–Crippen MR) is 83.5 cm³/mol. The Labute approximate surface area is 127 Å². The summed E-state index contributed by atoms with van der Waals surface area (Å²) in [5.41, 5.74) is 1.55. The summed E-state index contributed by atoms with van der Waals surface area (Å²) in [6.07, 6.45) is 0. The maximum absolute atomic E-state index is 11.9. The van der Waals surface area contributed by atoms with Crippen molar-refractivity contribution < 1.29 is 4.79 Å². The molecule has 0 aliphatic carbocycles. The number of hydrogen-bond donors (Lipinski definition) is 2. The minimum atomic E-state index is -0.283. The van der Waals surface area contributed by atoms with Crippen LogP contribution in [0.5, 0.6) is 0 Å². The minimum absolute atomic E-state index is 0.219. The molecule has 3 nitrogen and oxygen atoms in total. The number of para-hydroxylation sites is 1. The van der Waals surface area contributed by atoms with Crippen molar-refractivity contribution in [1.82, 2.24) is 5.32 Å². The SMILES string of the molecule is CC(NC(=O)Nc1ccccc1)c1ccc(Cl)cc1Cl. The van der Waals surface area contributed by atoms with Gasteiger partial charge in [-0.2, -0.15) is 0 Å². The fourth-order valence-corrected chi connectivity index (χ4v) is 2.39. The van der Waals surface area contributed by atoms with Crippen molar-refractivity contribution in [1.29, 1.82) is 0 Å². The Bertz CT molecular complexity index is 602. The summed E-state index contributed by atoms with van der Waals surface area (Å²) in [7, 11) is 0. The average Bonchev–Trinajstić information content (AvgIpc) is 2.39. The van der Waals surface area contributed by atoms with Crippen LogP contribution in [-0.2, 0) is 0 Å². The van der Waals surface area contributed by atoms with Crippen LogP contribution in [0.1, 0.15) is 18.5 Å². The normalized spacial score (nSPS) is 11.8. The fraction of sp³-hybridized carbons (Fsp3) is 0.133. The van der Waals surface area contributed by atoms with Crippen molar-refractivity contribution in [3.63, 3.8) is 0 Å². The van der Waals surface area contributed by atoms with Crippen LogP contribution in [0.3, 0.4) is 0 Å². The fourth-order valence-electron chi connectivity index (χ4n) is 1.82. The van der Waals surface area contributed by atoms with Gasteiger partial charge in [-0.25, -0.2) is 4.79 Å². The van der Waals surface area contributed by atoms with Gasteiger partial charge in [0.05, 0.1) is 6.04 Å². The van der Waals surface area contributed by atoms with E-state index < -0.39 is 0 Å². The van der Waals surface area contributed by atoms with E-state index in [1.54, 1.807) is 18.2 Å². The van der Waals surface area contributed by atoms with Crippen molar-refractivity contribution in [3.8, 4) is 0 Å². The molecule has 0 bridgehead atoms. The predicted octanol–water partition coefficient (Wildman–Crippen LogP) is 4.88. The zero-order chi connectivity index (χ0) is 14.5. The molecule has 104 valence electrons. The molecule has 0 aliphatic rings. The Morgan fingerprint density at radius 3 is 2.45 bits per heavy atom. The van der Waals surface area contributed by atoms with Gasteiger partial charge < -0.3 is 10.6 Å². The number of carbonyl (C=O) groups excluding carboxylic acids is 1. The highest BCUT2D eigenvalue weighted by atomic mass is 35.5. The van der Waals surface area contributed by atoms with Gasteiger partial charge in [0, 0.05) is 15.7 Å². The molecule has 2 aromatic rings. The van der Waals surface area contributed by atoms with Crippen LogP contribution in [0.25, 0.3) is 0 Å². The van der Waals surface area contributed by atoms with Gasteiger partial charge in [-0.05, 0) is 36.8 Å². The third-order valence-electron chi connectivity index (χ3n) is 2.81. The second-order valence-corrected chi connectivity index (χ2v) is 5.20. The molecule has 2 rings (SSSR count). The summed E-state index contributed by atoms with van der Waals surface area (Å²) < 4.78 is 0. The molecule has 0 spiro atoms. The van der Waals surface area contributed by atoms with E-state index in [0.717, 1.165) is 11.3 Å². The quantitative estimate of drug-likeness (QED) is 0.834. The molecule has 2 N–H and O–H groups in total. The van der Waals surface area contributed by atoms with Gasteiger partial charge in [0.25, 0.3) is 0 Å². The number of nitrogens with one attached hydrogen (secondary N) is 2. The Kier molecular flexibility index (Phi) is 4.88.